The van der Waals surface area contributed by atoms with Crippen molar-refractivity contribution in [2.45, 2.75) is 39.3 Å². The van der Waals surface area contributed by atoms with Crippen LogP contribution in [0.2, 0.25) is 0 Å². The maximum Gasteiger partial charge on any atom is 0.461 e. The highest BCUT2D eigenvalue weighted by Crippen LogP contribution is 2.39. The first-order chi connectivity index (χ1) is 11.1. The zero-order valence-electron chi connectivity index (χ0n) is 15.0. The van der Waals surface area contributed by atoms with E-state index < -0.39 is 12.5 Å². The van der Waals surface area contributed by atoms with E-state index >= 15 is 0 Å². The lowest BCUT2D eigenvalue weighted by Crippen LogP contribution is -2.48. The van der Waals surface area contributed by atoms with Gasteiger partial charge in [0.25, 0.3) is 0 Å². The van der Waals surface area contributed by atoms with Crippen LogP contribution < -0.4 is 10.1 Å². The molecule has 1 N–H and O–H groups in total. The van der Waals surface area contributed by atoms with E-state index in [0.717, 1.165) is 31.7 Å². The van der Waals surface area contributed by atoms with Crippen LogP contribution in [-0.2, 0) is 0 Å². The molecule has 1 aromatic carbocycles. The Bertz CT molecular complexity index is 550. The smallest absolute Gasteiger partial charge is 0.428 e. The number of alkyl halides is 4. The van der Waals surface area contributed by atoms with Crippen molar-refractivity contribution in [3.63, 3.8) is 0 Å². The summed E-state index contributed by atoms with van der Waals surface area (Å²) in [6.45, 7) is 9.59. The lowest BCUT2D eigenvalue weighted by molar-refractivity contribution is -0.253. The molecule has 0 unspecified atom stereocenters. The molecule has 0 bridgehead atoms. The fourth-order valence-electron chi connectivity index (χ4n) is 3.15. The van der Waals surface area contributed by atoms with Gasteiger partial charge in [0.2, 0.25) is 0 Å². The van der Waals surface area contributed by atoms with Crippen LogP contribution in [-0.4, -0.2) is 43.6 Å². The fourth-order valence-corrected chi connectivity index (χ4v) is 3.15. The van der Waals surface area contributed by atoms with Gasteiger partial charge in [-0.1, -0.05) is 32.9 Å². The molecule has 1 atom stereocenters. The zero-order chi connectivity index (χ0) is 18.0. The van der Waals surface area contributed by atoms with Gasteiger partial charge in [-0.25, -0.2) is 0 Å². The van der Waals surface area contributed by atoms with Crippen LogP contribution in [0.3, 0.4) is 0 Å². The number of hydrogen-bond donors (Lipinski definition) is 1. The summed E-state index contributed by atoms with van der Waals surface area (Å²) in [4.78, 5) is 2.28. The molecule has 1 aromatic rings. The molecule has 0 spiro atoms. The van der Waals surface area contributed by atoms with Crippen LogP contribution in [0.15, 0.2) is 24.3 Å². The van der Waals surface area contributed by atoms with Gasteiger partial charge in [0.05, 0.1) is 0 Å². The molecule has 3 nitrogen and oxygen atoms in total. The number of piperazine rings is 1. The van der Waals surface area contributed by atoms with Gasteiger partial charge >= 0.3 is 12.5 Å². The summed E-state index contributed by atoms with van der Waals surface area (Å²) in [5.41, 5.74) is 0.633. The van der Waals surface area contributed by atoms with Gasteiger partial charge in [-0.05, 0) is 23.1 Å². The molecule has 0 aromatic heterocycles. The molecule has 9 heteroatoms. The maximum atomic E-state index is 13.2. The van der Waals surface area contributed by atoms with Crippen molar-refractivity contribution in [1.29, 1.82) is 0 Å². The molecule has 0 radical (unpaired) electrons. The highest BCUT2D eigenvalue weighted by atomic mass is 35.5. The summed E-state index contributed by atoms with van der Waals surface area (Å²) in [5, 5.41) is 3.28. The predicted octanol–water partition coefficient (Wildman–Crippen LogP) is 4.76. The number of ether oxygens (including phenoxy) is 1. The molecule has 2 rings (SSSR count). The predicted molar refractivity (Wildman–Crippen MR) is 99.2 cm³/mol. The monoisotopic (exact) mass is 420 g/mol. The van der Waals surface area contributed by atoms with Gasteiger partial charge in [0, 0.05) is 32.2 Å². The standard InChI is InChI=1S/C17H24F4N2O.2ClH/c1-16(2,3)14(23-9-7-22-8-10-23)12-5-4-6-13(11-12)24-17(20,21)15(18)19;;/h4-6,11,14-15,22H,7-10H2,1-3H3;2*1H/t14-;;/m1../s1. The Labute approximate surface area is 164 Å². The van der Waals surface area contributed by atoms with E-state index in [1.54, 1.807) is 6.07 Å². The molecule has 1 aliphatic heterocycles. The third kappa shape index (κ3) is 6.44. The molecule has 1 saturated heterocycles. The summed E-state index contributed by atoms with van der Waals surface area (Å²) in [6.07, 6.45) is -8.36. The Morgan fingerprint density at radius 2 is 1.65 bits per heavy atom. The van der Waals surface area contributed by atoms with Crippen LogP contribution in [0, 0.1) is 5.41 Å². The molecule has 0 amide bonds. The molecule has 1 aliphatic rings. The average molecular weight is 421 g/mol. The van der Waals surface area contributed by atoms with E-state index in [1.165, 1.54) is 12.1 Å². The number of benzene rings is 1. The number of halogens is 6. The number of nitrogens with zero attached hydrogens (tertiary/aromatic N) is 1. The normalized spacial score (nSPS) is 17.2. The summed E-state index contributed by atoms with van der Waals surface area (Å²) in [7, 11) is 0. The highest BCUT2D eigenvalue weighted by molar-refractivity contribution is 5.85. The van der Waals surface area contributed by atoms with Crippen LogP contribution >= 0.6 is 24.8 Å². The first-order valence-electron chi connectivity index (χ1n) is 8.01. The lowest BCUT2D eigenvalue weighted by atomic mass is 9.81. The largest absolute Gasteiger partial charge is 0.461 e. The minimum atomic E-state index is -4.50. The van der Waals surface area contributed by atoms with Gasteiger partial charge < -0.3 is 10.1 Å². The van der Waals surface area contributed by atoms with Crippen molar-refractivity contribution in [2.75, 3.05) is 26.2 Å². The van der Waals surface area contributed by atoms with E-state index in [2.05, 4.69) is 35.7 Å². The summed E-state index contributed by atoms with van der Waals surface area (Å²) in [6, 6.07) is 6.08. The highest BCUT2D eigenvalue weighted by Gasteiger charge is 2.44. The van der Waals surface area contributed by atoms with Gasteiger partial charge in [0.15, 0.2) is 0 Å². The van der Waals surface area contributed by atoms with Crippen molar-refractivity contribution >= 4 is 24.8 Å². The van der Waals surface area contributed by atoms with Gasteiger partial charge in [0.1, 0.15) is 5.75 Å². The third-order valence-corrected chi connectivity index (χ3v) is 4.02. The van der Waals surface area contributed by atoms with E-state index in [1.807, 2.05) is 6.07 Å². The average Bonchev–Trinajstić information content (AvgIpc) is 2.47. The second kappa shape index (κ2) is 9.97. The molecule has 1 fully saturated rings. The summed E-state index contributed by atoms with van der Waals surface area (Å²) >= 11 is 0. The maximum absolute atomic E-state index is 13.2. The van der Waals surface area contributed by atoms with Gasteiger partial charge in [-0.15, -0.1) is 24.8 Å². The lowest BCUT2D eigenvalue weighted by Gasteiger charge is -2.42. The topological polar surface area (TPSA) is 24.5 Å². The van der Waals surface area contributed by atoms with Crippen molar-refractivity contribution in [3.8, 4) is 5.75 Å². The van der Waals surface area contributed by atoms with Gasteiger partial charge in [-0.3, -0.25) is 4.90 Å². The van der Waals surface area contributed by atoms with Crippen molar-refractivity contribution in [1.82, 2.24) is 10.2 Å². The SMILES string of the molecule is CC(C)(C)[C@@H](c1cccc(OC(F)(F)C(F)F)c1)N1CCNCC1.Cl.Cl. The molecular formula is C17H26Cl2F4N2O. The Hall–Kier alpha value is -0.760. The van der Waals surface area contributed by atoms with E-state index in [4.69, 9.17) is 0 Å². The zero-order valence-corrected chi connectivity index (χ0v) is 16.6. The Kier molecular flexibility index (Phi) is 9.68. The number of rotatable bonds is 5. The molecule has 1 heterocycles. The summed E-state index contributed by atoms with van der Waals surface area (Å²) < 4.78 is 55.3. The summed E-state index contributed by atoms with van der Waals surface area (Å²) in [5.74, 6) is -0.248. The van der Waals surface area contributed by atoms with Crippen molar-refractivity contribution < 1.29 is 22.3 Å². The molecule has 0 saturated carbocycles. The van der Waals surface area contributed by atoms with E-state index in [9.17, 15) is 17.6 Å². The van der Waals surface area contributed by atoms with Crippen LogP contribution in [0.4, 0.5) is 17.6 Å². The molecule has 26 heavy (non-hydrogen) atoms. The third-order valence-electron chi connectivity index (χ3n) is 4.02. The van der Waals surface area contributed by atoms with Crippen LogP contribution in [0.25, 0.3) is 0 Å². The minimum Gasteiger partial charge on any atom is -0.428 e. The van der Waals surface area contributed by atoms with E-state index in [0.29, 0.717) is 0 Å². The van der Waals surface area contributed by atoms with Crippen molar-refractivity contribution in [2.24, 2.45) is 5.41 Å². The Morgan fingerprint density at radius 1 is 1.08 bits per heavy atom. The quantitative estimate of drug-likeness (QED) is 0.694. The second-order valence-corrected chi connectivity index (χ2v) is 7.09. The number of hydrogen-bond acceptors (Lipinski definition) is 3. The van der Waals surface area contributed by atoms with E-state index in [-0.39, 0.29) is 42.0 Å². The number of nitrogens with one attached hydrogen (secondary N) is 1. The van der Waals surface area contributed by atoms with Crippen molar-refractivity contribution in [3.05, 3.63) is 29.8 Å². The fraction of sp³-hybridized carbons (Fsp3) is 0.647. The molecular weight excluding hydrogens is 395 g/mol. The molecule has 152 valence electrons. The molecule has 0 aliphatic carbocycles. The van der Waals surface area contributed by atoms with Crippen LogP contribution in [0.5, 0.6) is 5.75 Å². The first kappa shape index (κ1) is 25.2. The van der Waals surface area contributed by atoms with Gasteiger partial charge in [-0.2, -0.15) is 17.6 Å². The first-order valence-corrected chi connectivity index (χ1v) is 8.01. The Balaban J connectivity index is 0.00000312. The van der Waals surface area contributed by atoms with Crippen LogP contribution in [0.1, 0.15) is 32.4 Å². The Morgan fingerprint density at radius 3 is 2.15 bits per heavy atom. The second-order valence-electron chi connectivity index (χ2n) is 7.09. The minimum absolute atomic E-state index is 0.